The number of esters is 1. The van der Waals surface area contributed by atoms with E-state index in [2.05, 4.69) is 4.99 Å². The van der Waals surface area contributed by atoms with E-state index in [1.807, 2.05) is 75.5 Å². The molecule has 2 aromatic heterocycles. The van der Waals surface area contributed by atoms with E-state index in [9.17, 15) is 9.59 Å². The van der Waals surface area contributed by atoms with E-state index in [4.69, 9.17) is 4.74 Å². The number of hydrogen-bond acceptors (Lipinski definition) is 6. The Morgan fingerprint density at radius 3 is 2.61 bits per heavy atom. The second-order valence-corrected chi connectivity index (χ2v) is 9.99. The van der Waals surface area contributed by atoms with Crippen molar-refractivity contribution >= 4 is 34.7 Å². The minimum absolute atomic E-state index is 0.149. The summed E-state index contributed by atoms with van der Waals surface area (Å²) in [5.41, 5.74) is 2.99. The van der Waals surface area contributed by atoms with Gasteiger partial charge in [-0.25, -0.2) is 9.79 Å². The summed E-state index contributed by atoms with van der Waals surface area (Å²) >= 11 is 2.86. The van der Waals surface area contributed by atoms with Gasteiger partial charge in [-0.15, -0.1) is 11.3 Å². The molecule has 0 aliphatic carbocycles. The van der Waals surface area contributed by atoms with Crippen LogP contribution in [0.2, 0.25) is 0 Å². The zero-order valence-electron chi connectivity index (χ0n) is 17.9. The van der Waals surface area contributed by atoms with Gasteiger partial charge in [0, 0.05) is 4.88 Å². The van der Waals surface area contributed by atoms with Crippen molar-refractivity contribution in [1.29, 1.82) is 0 Å². The fourth-order valence-corrected chi connectivity index (χ4v) is 5.30. The van der Waals surface area contributed by atoms with Crippen LogP contribution in [0.5, 0.6) is 0 Å². The van der Waals surface area contributed by atoms with E-state index < -0.39 is 12.0 Å². The van der Waals surface area contributed by atoms with E-state index in [1.54, 1.807) is 4.57 Å². The summed E-state index contributed by atoms with van der Waals surface area (Å²) in [6.45, 7) is 8.14. The average Bonchev–Trinajstić information content (AvgIpc) is 3.36. The van der Waals surface area contributed by atoms with Crippen LogP contribution in [0, 0.1) is 12.8 Å². The summed E-state index contributed by atoms with van der Waals surface area (Å²) in [5, 5.41) is 1.95. The van der Waals surface area contributed by atoms with E-state index in [1.165, 1.54) is 22.7 Å². The summed E-state index contributed by atoms with van der Waals surface area (Å²) < 4.78 is 7.76. The van der Waals surface area contributed by atoms with E-state index in [0.29, 0.717) is 27.2 Å². The average molecular weight is 453 g/mol. The first-order valence-corrected chi connectivity index (χ1v) is 11.8. The lowest BCUT2D eigenvalue weighted by Crippen LogP contribution is -2.39. The minimum atomic E-state index is -0.531. The van der Waals surface area contributed by atoms with Gasteiger partial charge < -0.3 is 4.74 Å². The molecule has 0 saturated heterocycles. The molecule has 0 amide bonds. The number of ether oxygens (including phenoxy) is 1. The number of carbonyl (C=O) groups excluding carboxylic acids is 1. The summed E-state index contributed by atoms with van der Waals surface area (Å²) in [4.78, 5) is 32.6. The molecule has 0 bridgehead atoms. The van der Waals surface area contributed by atoms with Crippen molar-refractivity contribution in [2.45, 2.75) is 33.7 Å². The fraction of sp³-hybridized carbons (Fsp3) is 0.292. The standard InChI is InChI=1S/C24H24N2O3S2/c1-14(2)13-29-23(28)20-16(4)25-24-26(21(20)18-6-5-11-30-18)22(27)19(31-24)12-17-9-7-15(3)8-10-17/h5-12,14,21H,13H2,1-4H3/b19-12+/t21-/m0/s1. The first-order valence-electron chi connectivity index (χ1n) is 10.1. The number of carbonyl (C=O) groups is 1. The van der Waals surface area contributed by atoms with Crippen molar-refractivity contribution in [2.24, 2.45) is 10.9 Å². The van der Waals surface area contributed by atoms with Gasteiger partial charge in [0.15, 0.2) is 4.80 Å². The largest absolute Gasteiger partial charge is 0.462 e. The van der Waals surface area contributed by atoms with E-state index in [-0.39, 0.29) is 11.5 Å². The van der Waals surface area contributed by atoms with Crippen molar-refractivity contribution < 1.29 is 9.53 Å². The van der Waals surface area contributed by atoms with Gasteiger partial charge in [0.25, 0.3) is 5.56 Å². The second kappa shape index (κ2) is 8.77. The van der Waals surface area contributed by atoms with Gasteiger partial charge >= 0.3 is 5.97 Å². The van der Waals surface area contributed by atoms with Crippen LogP contribution in [-0.4, -0.2) is 17.1 Å². The highest BCUT2D eigenvalue weighted by atomic mass is 32.1. The molecule has 31 heavy (non-hydrogen) atoms. The molecule has 0 spiro atoms. The number of nitrogens with zero attached hydrogens (tertiary/aromatic N) is 2. The van der Waals surface area contributed by atoms with Crippen molar-refractivity contribution in [3.05, 3.63) is 88.7 Å². The van der Waals surface area contributed by atoms with Gasteiger partial charge in [-0.2, -0.15) is 0 Å². The third-order valence-electron chi connectivity index (χ3n) is 4.98. The molecule has 3 heterocycles. The van der Waals surface area contributed by atoms with Crippen LogP contribution in [0.4, 0.5) is 0 Å². The Kier molecular flexibility index (Phi) is 6.07. The normalized spacial score (nSPS) is 16.4. The summed E-state index contributed by atoms with van der Waals surface area (Å²) in [6, 6.07) is 11.4. The molecular weight excluding hydrogens is 428 g/mol. The Morgan fingerprint density at radius 2 is 1.97 bits per heavy atom. The number of rotatable bonds is 5. The molecule has 7 heteroatoms. The van der Waals surface area contributed by atoms with Crippen molar-refractivity contribution in [3.8, 4) is 0 Å². The predicted molar refractivity (Wildman–Crippen MR) is 125 cm³/mol. The number of allylic oxidation sites excluding steroid dienone is 1. The maximum Gasteiger partial charge on any atom is 0.338 e. The fourth-order valence-electron chi connectivity index (χ4n) is 3.43. The molecule has 160 valence electrons. The van der Waals surface area contributed by atoms with Gasteiger partial charge in [0.05, 0.1) is 22.4 Å². The Hall–Kier alpha value is -2.77. The quantitative estimate of drug-likeness (QED) is 0.553. The monoisotopic (exact) mass is 452 g/mol. The SMILES string of the molecule is CC1=C(C(=O)OCC(C)C)[C@H](c2cccs2)n2c(s/c(=C/c3ccc(C)cc3)c2=O)=N1. The van der Waals surface area contributed by atoms with Gasteiger partial charge in [0.1, 0.15) is 6.04 Å². The third kappa shape index (κ3) is 4.34. The highest BCUT2D eigenvalue weighted by molar-refractivity contribution is 7.10. The predicted octanol–water partition coefficient (Wildman–Crippen LogP) is 3.80. The summed E-state index contributed by atoms with van der Waals surface area (Å²) in [5.74, 6) is -0.193. The molecule has 5 nitrogen and oxygen atoms in total. The molecule has 1 atom stereocenters. The number of fused-ring (bicyclic) bond motifs is 1. The molecule has 0 unspecified atom stereocenters. The van der Waals surface area contributed by atoms with E-state index in [0.717, 1.165) is 16.0 Å². The Labute approximate surface area is 188 Å². The van der Waals surface area contributed by atoms with Crippen LogP contribution >= 0.6 is 22.7 Å². The number of aryl methyl sites for hydroxylation is 1. The Morgan fingerprint density at radius 1 is 1.23 bits per heavy atom. The molecule has 0 radical (unpaired) electrons. The molecule has 4 rings (SSSR count). The molecule has 1 aliphatic heterocycles. The number of thiazole rings is 1. The first kappa shape index (κ1) is 21.5. The smallest absolute Gasteiger partial charge is 0.338 e. The number of aromatic nitrogens is 1. The number of thiophene rings is 1. The molecule has 3 aromatic rings. The van der Waals surface area contributed by atoms with E-state index >= 15 is 0 Å². The Balaban J connectivity index is 1.86. The molecule has 1 aromatic carbocycles. The molecule has 0 fully saturated rings. The van der Waals surface area contributed by atoms with Crippen LogP contribution < -0.4 is 14.9 Å². The number of hydrogen-bond donors (Lipinski definition) is 0. The topological polar surface area (TPSA) is 60.7 Å². The van der Waals surface area contributed by atoms with Gasteiger partial charge in [0.2, 0.25) is 0 Å². The summed E-state index contributed by atoms with van der Waals surface area (Å²) in [6.07, 6.45) is 1.88. The zero-order valence-corrected chi connectivity index (χ0v) is 19.5. The molecule has 1 aliphatic rings. The van der Waals surface area contributed by atoms with Crippen LogP contribution in [0.15, 0.2) is 62.8 Å². The summed E-state index contributed by atoms with van der Waals surface area (Å²) in [7, 11) is 0. The van der Waals surface area contributed by atoms with Gasteiger partial charge in [-0.3, -0.25) is 9.36 Å². The van der Waals surface area contributed by atoms with Crippen LogP contribution in [0.3, 0.4) is 0 Å². The lowest BCUT2D eigenvalue weighted by atomic mass is 10.0. The molecule has 0 N–H and O–H groups in total. The van der Waals surface area contributed by atoms with Crippen LogP contribution in [-0.2, 0) is 9.53 Å². The van der Waals surface area contributed by atoms with Gasteiger partial charge in [-0.1, -0.05) is 61.1 Å². The maximum absolute atomic E-state index is 13.4. The maximum atomic E-state index is 13.4. The Bertz CT molecular complexity index is 1310. The minimum Gasteiger partial charge on any atom is -0.462 e. The lowest BCUT2D eigenvalue weighted by molar-refractivity contribution is -0.140. The van der Waals surface area contributed by atoms with Crippen molar-refractivity contribution in [3.63, 3.8) is 0 Å². The highest BCUT2D eigenvalue weighted by Crippen LogP contribution is 2.33. The lowest BCUT2D eigenvalue weighted by Gasteiger charge is -2.23. The highest BCUT2D eigenvalue weighted by Gasteiger charge is 2.34. The van der Waals surface area contributed by atoms with Crippen LogP contribution in [0.1, 0.15) is 42.8 Å². The third-order valence-corrected chi connectivity index (χ3v) is 6.88. The zero-order chi connectivity index (χ0) is 22.1. The number of benzene rings is 1. The molecule has 0 saturated carbocycles. The van der Waals surface area contributed by atoms with Crippen molar-refractivity contribution in [2.75, 3.05) is 6.61 Å². The first-order chi connectivity index (χ1) is 14.8. The van der Waals surface area contributed by atoms with Gasteiger partial charge in [-0.05, 0) is 42.9 Å². The molecular formula is C24H24N2O3S2. The van der Waals surface area contributed by atoms with Crippen molar-refractivity contribution in [1.82, 2.24) is 4.57 Å². The van der Waals surface area contributed by atoms with Crippen LogP contribution in [0.25, 0.3) is 6.08 Å². The second-order valence-electron chi connectivity index (χ2n) is 8.00.